The van der Waals surface area contributed by atoms with E-state index in [1.165, 1.54) is 11.9 Å². The maximum Gasteiger partial charge on any atom is 0.446 e. The minimum Gasteiger partial charge on any atom is -0.444 e. The third-order valence-corrected chi connectivity index (χ3v) is 6.80. The maximum absolute atomic E-state index is 13.0. The molecule has 1 amide bonds. The first kappa shape index (κ1) is 25.3. The van der Waals surface area contributed by atoms with Crippen molar-refractivity contribution in [3.63, 3.8) is 0 Å². The highest BCUT2D eigenvalue weighted by atomic mass is 32.2. The molecule has 1 aromatic rings. The number of amides is 1. The van der Waals surface area contributed by atoms with Crippen molar-refractivity contribution in [2.45, 2.75) is 66.6 Å². The molecule has 32 heavy (non-hydrogen) atoms. The van der Waals surface area contributed by atoms with Crippen molar-refractivity contribution in [1.82, 2.24) is 14.5 Å². The molecule has 2 saturated heterocycles. The van der Waals surface area contributed by atoms with Gasteiger partial charge in [0.25, 0.3) is 0 Å². The number of nitrogens with one attached hydrogen (secondary N) is 2. The Hall–Kier alpha value is -1.30. The molecule has 2 atom stereocenters. The fourth-order valence-electron chi connectivity index (χ4n) is 4.11. The van der Waals surface area contributed by atoms with Gasteiger partial charge in [0, 0.05) is 53.7 Å². The Kier molecular flexibility index (Phi) is 8.16. The van der Waals surface area contributed by atoms with Gasteiger partial charge in [-0.25, -0.2) is 4.79 Å². The molecule has 2 bridgehead atoms. The highest BCUT2D eigenvalue weighted by Gasteiger charge is 2.46. The number of carbonyl (C=O) groups excluding carboxylic acids is 1. The Balaban J connectivity index is 1.47. The summed E-state index contributed by atoms with van der Waals surface area (Å²) in [4.78, 5) is 17.5. The largest absolute Gasteiger partial charge is 0.446 e. The number of rotatable bonds is 8. The fraction of sp³-hybridized carbons (Fsp3) is 0.667. The van der Waals surface area contributed by atoms with Crippen molar-refractivity contribution in [2.24, 2.45) is 0 Å². The summed E-state index contributed by atoms with van der Waals surface area (Å²) in [7, 11) is 1.73. The third-order valence-electron chi connectivity index (χ3n) is 5.32. The van der Waals surface area contributed by atoms with E-state index in [-0.39, 0.29) is 28.8 Å². The third kappa shape index (κ3) is 7.10. The number of piperazine rings is 1. The minimum atomic E-state index is -4.34. The Morgan fingerprint density at radius 2 is 1.97 bits per heavy atom. The Bertz CT molecular complexity index is 804. The zero-order chi connectivity index (χ0) is 23.5. The number of hydrogen-bond donors (Lipinski definition) is 2. The van der Waals surface area contributed by atoms with Crippen molar-refractivity contribution in [3.05, 3.63) is 18.2 Å². The summed E-state index contributed by atoms with van der Waals surface area (Å²) in [6.07, 6.45) is 1.50. The van der Waals surface area contributed by atoms with Gasteiger partial charge in [-0.2, -0.15) is 13.2 Å². The van der Waals surface area contributed by atoms with Crippen LogP contribution in [0.2, 0.25) is 0 Å². The molecule has 1 aromatic carbocycles. The van der Waals surface area contributed by atoms with Gasteiger partial charge in [0.05, 0.1) is 0 Å². The van der Waals surface area contributed by atoms with Crippen molar-refractivity contribution in [2.75, 3.05) is 38.5 Å². The predicted molar refractivity (Wildman–Crippen MR) is 123 cm³/mol. The summed E-state index contributed by atoms with van der Waals surface area (Å²) in [5, 5.41) is 3.16. The number of carbonyl (C=O) groups is 1. The quantitative estimate of drug-likeness (QED) is 0.300. The molecule has 0 aromatic heterocycles. The first-order valence-electron chi connectivity index (χ1n) is 10.7. The lowest BCUT2D eigenvalue weighted by atomic mass is 10.2. The zero-order valence-corrected chi connectivity index (χ0v) is 20.4. The second-order valence-corrected chi connectivity index (χ2v) is 11.2. The van der Waals surface area contributed by atoms with Crippen LogP contribution in [0.5, 0.6) is 0 Å². The maximum atomic E-state index is 13.0. The molecule has 2 aliphatic heterocycles. The monoisotopic (exact) mass is 492 g/mol. The smallest absolute Gasteiger partial charge is 0.444 e. The summed E-state index contributed by atoms with van der Waals surface area (Å²) in [5.74, 6) is 0. The predicted octanol–water partition coefficient (Wildman–Crippen LogP) is 5.02. The van der Waals surface area contributed by atoms with E-state index in [9.17, 15) is 18.0 Å². The highest BCUT2D eigenvalue weighted by Crippen LogP contribution is 2.42. The number of alkyl halides is 3. The topological polar surface area (TPSA) is 56.8 Å². The van der Waals surface area contributed by atoms with Crippen molar-refractivity contribution in [3.8, 4) is 0 Å². The van der Waals surface area contributed by atoms with Gasteiger partial charge in [-0.05, 0) is 82.6 Å². The van der Waals surface area contributed by atoms with Gasteiger partial charge < -0.3 is 15.0 Å². The number of likely N-dealkylation sites (tertiary alicyclic amines) is 2. The van der Waals surface area contributed by atoms with Crippen LogP contribution >= 0.6 is 23.7 Å². The van der Waals surface area contributed by atoms with Crippen LogP contribution in [0.3, 0.4) is 0 Å². The van der Waals surface area contributed by atoms with E-state index in [1.54, 1.807) is 25.2 Å². The molecule has 3 rings (SSSR count). The van der Waals surface area contributed by atoms with E-state index in [0.717, 1.165) is 30.8 Å². The Labute approximate surface area is 196 Å². The van der Waals surface area contributed by atoms with E-state index in [1.807, 2.05) is 25.7 Å². The molecule has 2 fully saturated rings. The second-order valence-electron chi connectivity index (χ2n) is 8.96. The highest BCUT2D eigenvalue weighted by molar-refractivity contribution is 8.00. The number of anilines is 1. The van der Waals surface area contributed by atoms with Gasteiger partial charge in [-0.15, -0.1) is 0 Å². The van der Waals surface area contributed by atoms with E-state index < -0.39 is 11.1 Å². The first-order valence-corrected chi connectivity index (χ1v) is 12.3. The lowest BCUT2D eigenvalue weighted by Gasteiger charge is -2.35. The molecule has 0 radical (unpaired) electrons. The molecular weight excluding hydrogens is 461 g/mol. The van der Waals surface area contributed by atoms with Crippen LogP contribution in [-0.2, 0) is 4.74 Å². The summed E-state index contributed by atoms with van der Waals surface area (Å²) in [6, 6.07) is 5.54. The summed E-state index contributed by atoms with van der Waals surface area (Å²) in [5.41, 5.74) is -4.35. The van der Waals surface area contributed by atoms with Gasteiger partial charge in [0.15, 0.2) is 0 Å². The van der Waals surface area contributed by atoms with E-state index in [0.29, 0.717) is 24.8 Å². The first-order chi connectivity index (χ1) is 14.9. The lowest BCUT2D eigenvalue weighted by Crippen LogP contribution is -2.50. The fourth-order valence-corrected chi connectivity index (χ4v) is 5.42. The van der Waals surface area contributed by atoms with Crippen LogP contribution in [-0.4, -0.2) is 72.3 Å². The molecule has 11 heteroatoms. The molecule has 2 unspecified atom stereocenters. The Morgan fingerprint density at radius 1 is 1.22 bits per heavy atom. The van der Waals surface area contributed by atoms with Gasteiger partial charge >= 0.3 is 11.6 Å². The molecular formula is C21H31F3N4O2S2. The number of ether oxygens (including phenoxy) is 1. The van der Waals surface area contributed by atoms with E-state index in [4.69, 9.17) is 4.74 Å². The average Bonchev–Trinajstić information content (AvgIpc) is 3.25. The van der Waals surface area contributed by atoms with Crippen LogP contribution in [0.15, 0.2) is 28.0 Å². The van der Waals surface area contributed by atoms with Crippen LogP contribution < -0.4 is 10.0 Å². The Morgan fingerprint density at radius 3 is 2.56 bits per heavy atom. The summed E-state index contributed by atoms with van der Waals surface area (Å²) >= 11 is 1.18. The van der Waals surface area contributed by atoms with Gasteiger partial charge in [-0.1, -0.05) is 0 Å². The molecule has 180 valence electrons. The van der Waals surface area contributed by atoms with E-state index in [2.05, 4.69) is 14.9 Å². The number of hydrogen-bond acceptors (Lipinski definition) is 7. The molecule has 0 spiro atoms. The van der Waals surface area contributed by atoms with Crippen molar-refractivity contribution in [1.29, 1.82) is 0 Å². The minimum absolute atomic E-state index is 0.0961. The van der Waals surface area contributed by atoms with Crippen LogP contribution in [0, 0.1) is 0 Å². The molecule has 2 aliphatic rings. The summed E-state index contributed by atoms with van der Waals surface area (Å²) < 4.78 is 47.3. The van der Waals surface area contributed by atoms with Gasteiger partial charge in [-0.3, -0.25) is 9.62 Å². The van der Waals surface area contributed by atoms with Crippen molar-refractivity contribution >= 4 is 35.5 Å². The van der Waals surface area contributed by atoms with E-state index >= 15 is 0 Å². The molecule has 6 nitrogen and oxygen atoms in total. The van der Waals surface area contributed by atoms with Crippen LogP contribution in [0.4, 0.5) is 23.7 Å². The molecule has 0 saturated carbocycles. The second kappa shape index (κ2) is 10.3. The molecule has 2 heterocycles. The SMILES string of the molecule is CNSc1ccc(NCCCN2CC3CC2CN3C(=O)OC(C)(C)C)c(SC(F)(F)F)c1. The number of thioether (sulfide) groups is 1. The van der Waals surface area contributed by atoms with Gasteiger partial charge in [0.1, 0.15) is 5.60 Å². The van der Waals surface area contributed by atoms with Crippen LogP contribution in [0.1, 0.15) is 33.6 Å². The lowest BCUT2D eigenvalue weighted by molar-refractivity contribution is -0.0328. The number of benzene rings is 1. The number of halogens is 3. The average molecular weight is 493 g/mol. The number of fused-ring (bicyclic) bond motifs is 2. The molecule has 0 aliphatic carbocycles. The van der Waals surface area contributed by atoms with Crippen LogP contribution in [0.25, 0.3) is 0 Å². The standard InChI is InChI=1S/C21H31F3N4O2S2/c1-20(2,3)30-19(29)28-13-14-10-15(28)12-27(14)9-5-8-26-17-7-6-16(32-25-4)11-18(17)31-21(22,23)24/h6-7,11,14-15,25-26H,5,8-10,12-13H2,1-4H3. The number of nitrogens with zero attached hydrogens (tertiary/aromatic N) is 2. The molecule has 2 N–H and O–H groups in total. The summed E-state index contributed by atoms with van der Waals surface area (Å²) in [6.45, 7) is 8.50. The zero-order valence-electron chi connectivity index (χ0n) is 18.8. The van der Waals surface area contributed by atoms with Crippen molar-refractivity contribution < 1.29 is 22.7 Å². The normalized spacial score (nSPS) is 21.3. The van der Waals surface area contributed by atoms with Gasteiger partial charge in [0.2, 0.25) is 0 Å².